The minimum Gasteiger partial charge on any atom is -0.263 e. The predicted molar refractivity (Wildman–Crippen MR) is 88.8 cm³/mol. The van der Waals surface area contributed by atoms with Gasteiger partial charge in [-0.2, -0.15) is 0 Å². The fraction of sp³-hybridized carbons (Fsp3) is 0.211. The van der Waals surface area contributed by atoms with Crippen molar-refractivity contribution in [2.45, 2.75) is 26.4 Å². The summed E-state index contributed by atoms with van der Waals surface area (Å²) in [5, 5.41) is 0. The molecule has 0 bridgehead atoms. The van der Waals surface area contributed by atoms with Crippen LogP contribution in [0.5, 0.6) is 0 Å². The maximum atomic E-state index is 12.7. The summed E-state index contributed by atoms with van der Waals surface area (Å²) in [4.78, 5) is 39.3. The molecule has 5 heteroatoms. The van der Waals surface area contributed by atoms with Crippen LogP contribution in [0, 0.1) is 6.92 Å². The van der Waals surface area contributed by atoms with E-state index in [-0.39, 0.29) is 6.54 Å². The minimum absolute atomic E-state index is 0.105. The number of hydrogen-bond acceptors (Lipinski definition) is 3. The van der Waals surface area contributed by atoms with Crippen LogP contribution >= 0.6 is 0 Å². The Kier molecular flexibility index (Phi) is 4.16. The van der Waals surface area contributed by atoms with E-state index in [0.717, 1.165) is 26.5 Å². The zero-order valence-electron chi connectivity index (χ0n) is 13.6. The summed E-state index contributed by atoms with van der Waals surface area (Å²) in [6.07, 6.45) is 0. The van der Waals surface area contributed by atoms with Gasteiger partial charge in [-0.15, -0.1) is 0 Å². The van der Waals surface area contributed by atoms with Gasteiger partial charge in [0, 0.05) is 0 Å². The van der Waals surface area contributed by atoms with Crippen molar-refractivity contribution in [1.82, 2.24) is 9.80 Å². The van der Waals surface area contributed by atoms with E-state index < -0.39 is 23.9 Å². The van der Waals surface area contributed by atoms with Crippen LogP contribution < -0.4 is 0 Å². The number of urea groups is 1. The molecule has 1 aliphatic heterocycles. The summed E-state index contributed by atoms with van der Waals surface area (Å²) in [7, 11) is 0. The first kappa shape index (κ1) is 15.9. The van der Waals surface area contributed by atoms with Gasteiger partial charge in [0.15, 0.2) is 0 Å². The van der Waals surface area contributed by atoms with Crippen molar-refractivity contribution in [3.8, 4) is 0 Å². The van der Waals surface area contributed by atoms with Gasteiger partial charge in [0.1, 0.15) is 0 Å². The molecule has 1 unspecified atom stereocenters. The van der Waals surface area contributed by atoms with Crippen molar-refractivity contribution in [2.24, 2.45) is 0 Å². The smallest absolute Gasteiger partial charge is 0.263 e. The maximum Gasteiger partial charge on any atom is 0.335 e. The molecule has 0 saturated carbocycles. The number of amides is 4. The van der Waals surface area contributed by atoms with Crippen molar-refractivity contribution in [3.05, 3.63) is 71.3 Å². The molecule has 24 heavy (non-hydrogen) atoms. The zero-order chi connectivity index (χ0) is 17.3. The van der Waals surface area contributed by atoms with E-state index in [1.807, 2.05) is 61.5 Å². The molecule has 0 N–H and O–H groups in total. The zero-order valence-corrected chi connectivity index (χ0v) is 13.6. The number of nitrogens with zero attached hydrogens (tertiary/aromatic N) is 2. The highest BCUT2D eigenvalue weighted by molar-refractivity contribution is 6.44. The van der Waals surface area contributed by atoms with Crippen LogP contribution in [0.1, 0.15) is 29.7 Å². The third-order valence-electron chi connectivity index (χ3n) is 4.34. The standard InChI is InChI=1S/C19H18N2O3/c1-13-8-6-7-11-16(13)12-20-17(22)18(23)21(19(20)24)14(2)15-9-4-3-5-10-15/h3-11,14H,12H2,1-2H3. The Morgan fingerprint density at radius 2 is 1.50 bits per heavy atom. The summed E-state index contributed by atoms with van der Waals surface area (Å²) in [6, 6.07) is 15.6. The molecule has 0 radical (unpaired) electrons. The SMILES string of the molecule is Cc1ccccc1CN1C(=O)C(=O)N(C(C)c2ccccc2)C1=O. The monoisotopic (exact) mass is 322 g/mol. The van der Waals surface area contributed by atoms with E-state index >= 15 is 0 Å². The highest BCUT2D eigenvalue weighted by atomic mass is 16.2. The highest BCUT2D eigenvalue weighted by Crippen LogP contribution is 2.27. The highest BCUT2D eigenvalue weighted by Gasteiger charge is 2.46. The number of carbonyl (C=O) groups excluding carboxylic acids is 3. The Morgan fingerprint density at radius 3 is 2.17 bits per heavy atom. The largest absolute Gasteiger partial charge is 0.335 e. The summed E-state index contributed by atoms with van der Waals surface area (Å²) in [5.74, 6) is -1.55. The van der Waals surface area contributed by atoms with Gasteiger partial charge in [-0.1, -0.05) is 54.6 Å². The molecule has 1 atom stereocenters. The van der Waals surface area contributed by atoms with Crippen LogP contribution in [0.3, 0.4) is 0 Å². The third kappa shape index (κ3) is 2.69. The van der Waals surface area contributed by atoms with Crippen molar-refractivity contribution >= 4 is 17.8 Å². The lowest BCUT2D eigenvalue weighted by atomic mass is 10.1. The Balaban J connectivity index is 1.87. The Bertz CT molecular complexity index is 801. The summed E-state index contributed by atoms with van der Waals surface area (Å²) in [6.45, 7) is 3.76. The van der Waals surface area contributed by atoms with Gasteiger partial charge in [0.25, 0.3) is 0 Å². The third-order valence-corrected chi connectivity index (χ3v) is 4.34. The van der Waals surface area contributed by atoms with Crippen LogP contribution in [-0.2, 0) is 16.1 Å². The molecule has 0 spiro atoms. The van der Waals surface area contributed by atoms with E-state index in [2.05, 4.69) is 0 Å². The van der Waals surface area contributed by atoms with Crippen molar-refractivity contribution in [2.75, 3.05) is 0 Å². The van der Waals surface area contributed by atoms with Crippen molar-refractivity contribution in [1.29, 1.82) is 0 Å². The van der Waals surface area contributed by atoms with E-state index in [4.69, 9.17) is 0 Å². The molecule has 4 amide bonds. The molecule has 5 nitrogen and oxygen atoms in total. The first-order valence-corrected chi connectivity index (χ1v) is 7.79. The van der Waals surface area contributed by atoms with Crippen LogP contribution in [0.2, 0.25) is 0 Å². The quantitative estimate of drug-likeness (QED) is 0.642. The second kappa shape index (κ2) is 6.28. The summed E-state index contributed by atoms with van der Waals surface area (Å²) in [5.41, 5.74) is 2.63. The van der Waals surface area contributed by atoms with Crippen molar-refractivity contribution < 1.29 is 14.4 Å². The molecule has 2 aromatic rings. The summed E-state index contributed by atoms with van der Waals surface area (Å²) < 4.78 is 0. The van der Waals surface area contributed by atoms with Crippen LogP contribution in [0.4, 0.5) is 4.79 Å². The molecule has 0 aromatic heterocycles. The number of aryl methyl sites for hydroxylation is 1. The van der Waals surface area contributed by atoms with Gasteiger partial charge >= 0.3 is 17.8 Å². The second-order valence-electron chi connectivity index (χ2n) is 5.86. The van der Waals surface area contributed by atoms with Crippen LogP contribution in [0.25, 0.3) is 0 Å². The Morgan fingerprint density at radius 1 is 0.875 bits per heavy atom. The normalized spacial score (nSPS) is 16.0. The molecule has 2 aromatic carbocycles. The number of imide groups is 2. The molecule has 1 fully saturated rings. The van der Waals surface area contributed by atoms with E-state index in [9.17, 15) is 14.4 Å². The fourth-order valence-electron chi connectivity index (χ4n) is 2.84. The maximum absolute atomic E-state index is 12.7. The van der Waals surface area contributed by atoms with E-state index in [1.54, 1.807) is 6.92 Å². The summed E-state index contributed by atoms with van der Waals surface area (Å²) >= 11 is 0. The van der Waals surface area contributed by atoms with Crippen LogP contribution in [-0.4, -0.2) is 27.6 Å². The van der Waals surface area contributed by atoms with Gasteiger partial charge in [-0.3, -0.25) is 14.5 Å². The van der Waals surface area contributed by atoms with Gasteiger partial charge in [-0.25, -0.2) is 9.69 Å². The molecule has 1 saturated heterocycles. The van der Waals surface area contributed by atoms with E-state index in [0.29, 0.717) is 0 Å². The Hall–Kier alpha value is -2.95. The lowest BCUT2D eigenvalue weighted by Crippen LogP contribution is -2.35. The number of hydrogen-bond donors (Lipinski definition) is 0. The molecule has 1 aliphatic rings. The van der Waals surface area contributed by atoms with Gasteiger partial charge in [0.05, 0.1) is 12.6 Å². The molecule has 1 heterocycles. The van der Waals surface area contributed by atoms with Gasteiger partial charge in [-0.05, 0) is 30.5 Å². The number of benzene rings is 2. The topological polar surface area (TPSA) is 57.7 Å². The molecular weight excluding hydrogens is 304 g/mol. The number of rotatable bonds is 4. The van der Waals surface area contributed by atoms with Gasteiger partial charge < -0.3 is 0 Å². The predicted octanol–water partition coefficient (Wildman–Crippen LogP) is 3.05. The average Bonchev–Trinajstić information content (AvgIpc) is 2.80. The minimum atomic E-state index is -0.773. The first-order valence-electron chi connectivity index (χ1n) is 7.79. The van der Waals surface area contributed by atoms with Crippen molar-refractivity contribution in [3.63, 3.8) is 0 Å². The lowest BCUT2D eigenvalue weighted by Gasteiger charge is -2.22. The molecule has 3 rings (SSSR count). The van der Waals surface area contributed by atoms with Gasteiger partial charge in [0.2, 0.25) is 0 Å². The first-order chi connectivity index (χ1) is 11.5. The second-order valence-corrected chi connectivity index (χ2v) is 5.86. The fourth-order valence-corrected chi connectivity index (χ4v) is 2.84. The van der Waals surface area contributed by atoms with E-state index in [1.165, 1.54) is 0 Å². The molecule has 0 aliphatic carbocycles. The molecular formula is C19H18N2O3. The Labute approximate surface area is 140 Å². The average molecular weight is 322 g/mol. The van der Waals surface area contributed by atoms with Crippen LogP contribution in [0.15, 0.2) is 54.6 Å². The lowest BCUT2D eigenvalue weighted by molar-refractivity contribution is -0.144. The molecule has 122 valence electrons. The number of carbonyl (C=O) groups is 3.